The first-order chi connectivity index (χ1) is 10.1. The van der Waals surface area contributed by atoms with Crippen molar-refractivity contribution >= 4 is 38.6 Å². The average Bonchev–Trinajstić information content (AvgIpc) is 2.77. The monoisotopic (exact) mass is 378 g/mol. The number of nitrogens with zero attached hydrogens (tertiary/aromatic N) is 2. The van der Waals surface area contributed by atoms with Crippen LogP contribution in [-0.2, 0) is 22.4 Å². The molecule has 0 bridgehead atoms. The molecule has 0 saturated carbocycles. The second-order valence-electron chi connectivity index (χ2n) is 4.65. The minimum atomic E-state index is -0.318. The molecule has 7 heteroatoms. The lowest BCUT2D eigenvalue weighted by Gasteiger charge is -2.17. The zero-order valence-electron chi connectivity index (χ0n) is 11.9. The normalized spacial score (nSPS) is 13.0. The smallest absolute Gasteiger partial charge is 0.139 e. The first kappa shape index (κ1) is 16.7. The van der Waals surface area contributed by atoms with Gasteiger partial charge in [-0.3, -0.25) is 0 Å². The Morgan fingerprint density at radius 2 is 2.19 bits per heavy atom. The highest BCUT2D eigenvalue weighted by Crippen LogP contribution is 2.25. The number of alkyl halides is 1. The molecule has 0 aliphatic heterocycles. The summed E-state index contributed by atoms with van der Waals surface area (Å²) >= 11 is 9.02. The SMILES string of the molecule is COCC(Cn1c(CCCl)nc2cc(Br)c(F)cc21)OC. The largest absolute Gasteiger partial charge is 0.382 e. The number of aryl methyl sites for hydroxylation is 1. The molecular weight excluding hydrogens is 363 g/mol. The van der Waals surface area contributed by atoms with Gasteiger partial charge >= 0.3 is 0 Å². The van der Waals surface area contributed by atoms with Crippen molar-refractivity contribution in [1.82, 2.24) is 9.55 Å². The third-order valence-electron chi connectivity index (χ3n) is 3.26. The van der Waals surface area contributed by atoms with E-state index in [4.69, 9.17) is 21.1 Å². The number of hydrogen-bond donors (Lipinski definition) is 0. The molecule has 1 heterocycles. The van der Waals surface area contributed by atoms with Gasteiger partial charge < -0.3 is 14.0 Å². The Morgan fingerprint density at radius 1 is 1.43 bits per heavy atom. The van der Waals surface area contributed by atoms with Gasteiger partial charge in [0.15, 0.2) is 0 Å². The maximum Gasteiger partial charge on any atom is 0.139 e. The first-order valence-electron chi connectivity index (χ1n) is 6.52. The summed E-state index contributed by atoms with van der Waals surface area (Å²) in [5.74, 6) is 0.951. The van der Waals surface area contributed by atoms with E-state index in [9.17, 15) is 4.39 Å². The van der Waals surface area contributed by atoms with Crippen molar-refractivity contribution in [3.63, 3.8) is 0 Å². The minimum absolute atomic E-state index is 0.131. The lowest BCUT2D eigenvalue weighted by Crippen LogP contribution is -2.25. The van der Waals surface area contributed by atoms with Gasteiger partial charge in [0.05, 0.1) is 34.8 Å². The summed E-state index contributed by atoms with van der Waals surface area (Å²) in [6, 6.07) is 3.15. The molecule has 116 valence electrons. The highest BCUT2D eigenvalue weighted by molar-refractivity contribution is 9.10. The van der Waals surface area contributed by atoms with Crippen LogP contribution in [0.2, 0.25) is 0 Å². The van der Waals surface area contributed by atoms with E-state index in [-0.39, 0.29) is 11.9 Å². The van der Waals surface area contributed by atoms with Crippen LogP contribution in [0, 0.1) is 5.82 Å². The van der Waals surface area contributed by atoms with Crippen molar-refractivity contribution < 1.29 is 13.9 Å². The van der Waals surface area contributed by atoms with Crippen LogP contribution in [0.5, 0.6) is 0 Å². The Labute approximate surface area is 136 Å². The zero-order valence-corrected chi connectivity index (χ0v) is 14.2. The Bertz CT molecular complexity index is 621. The summed E-state index contributed by atoms with van der Waals surface area (Å²) in [6.07, 6.45) is 0.479. The Kier molecular flexibility index (Phi) is 5.98. The lowest BCUT2D eigenvalue weighted by molar-refractivity contribution is 0.0186. The predicted molar refractivity (Wildman–Crippen MR) is 84.5 cm³/mol. The summed E-state index contributed by atoms with van der Waals surface area (Å²) < 4.78 is 26.7. The van der Waals surface area contributed by atoms with Gasteiger partial charge in [0.25, 0.3) is 0 Å². The van der Waals surface area contributed by atoms with Gasteiger partial charge in [0.1, 0.15) is 11.6 Å². The quantitative estimate of drug-likeness (QED) is 0.692. The van der Waals surface area contributed by atoms with Gasteiger partial charge in [0, 0.05) is 32.6 Å². The number of halogens is 3. The van der Waals surface area contributed by atoms with Crippen LogP contribution in [0.3, 0.4) is 0 Å². The number of aromatic nitrogens is 2. The zero-order chi connectivity index (χ0) is 15.4. The summed E-state index contributed by atoms with van der Waals surface area (Å²) in [4.78, 5) is 4.54. The molecule has 4 nitrogen and oxygen atoms in total. The molecule has 0 spiro atoms. The summed E-state index contributed by atoms with van der Waals surface area (Å²) in [6.45, 7) is 0.990. The van der Waals surface area contributed by atoms with Gasteiger partial charge in [-0.15, -0.1) is 11.6 Å². The van der Waals surface area contributed by atoms with Gasteiger partial charge in [0.2, 0.25) is 0 Å². The fraction of sp³-hybridized carbons (Fsp3) is 0.500. The number of benzene rings is 1. The van der Waals surface area contributed by atoms with E-state index in [0.29, 0.717) is 29.9 Å². The number of fused-ring (bicyclic) bond motifs is 1. The average molecular weight is 380 g/mol. The first-order valence-corrected chi connectivity index (χ1v) is 7.85. The predicted octanol–water partition coefficient (Wildman–Crippen LogP) is 3.38. The van der Waals surface area contributed by atoms with E-state index in [1.807, 2.05) is 4.57 Å². The van der Waals surface area contributed by atoms with Crippen LogP contribution in [0.15, 0.2) is 16.6 Å². The van der Waals surface area contributed by atoms with Crippen molar-refractivity contribution in [3.05, 3.63) is 28.2 Å². The fourth-order valence-electron chi connectivity index (χ4n) is 2.23. The van der Waals surface area contributed by atoms with Crippen LogP contribution >= 0.6 is 27.5 Å². The highest BCUT2D eigenvalue weighted by Gasteiger charge is 2.17. The number of hydrogen-bond acceptors (Lipinski definition) is 3. The van der Waals surface area contributed by atoms with Gasteiger partial charge in [-0.05, 0) is 22.0 Å². The van der Waals surface area contributed by atoms with Gasteiger partial charge in [-0.25, -0.2) is 9.37 Å². The fourth-order valence-corrected chi connectivity index (χ4v) is 2.73. The summed E-state index contributed by atoms with van der Waals surface area (Å²) in [5, 5.41) is 0. The molecule has 1 aromatic heterocycles. The van der Waals surface area contributed by atoms with E-state index >= 15 is 0 Å². The van der Waals surface area contributed by atoms with Crippen molar-refractivity contribution in [2.24, 2.45) is 0 Å². The maximum absolute atomic E-state index is 13.8. The number of methoxy groups -OCH3 is 2. The van der Waals surface area contributed by atoms with E-state index in [1.165, 1.54) is 6.07 Å². The van der Waals surface area contributed by atoms with Crippen molar-refractivity contribution in [1.29, 1.82) is 0 Å². The van der Waals surface area contributed by atoms with Crippen molar-refractivity contribution in [2.45, 2.75) is 19.1 Å². The topological polar surface area (TPSA) is 36.3 Å². The van der Waals surface area contributed by atoms with Gasteiger partial charge in [-0.1, -0.05) is 0 Å². The van der Waals surface area contributed by atoms with E-state index in [1.54, 1.807) is 20.3 Å². The second kappa shape index (κ2) is 7.54. The van der Waals surface area contributed by atoms with Gasteiger partial charge in [-0.2, -0.15) is 0 Å². The van der Waals surface area contributed by atoms with E-state index < -0.39 is 0 Å². The summed E-state index contributed by atoms with van der Waals surface area (Å²) in [5.41, 5.74) is 1.46. The second-order valence-corrected chi connectivity index (χ2v) is 5.88. The number of ether oxygens (including phenoxy) is 2. The molecule has 0 aliphatic carbocycles. The van der Waals surface area contributed by atoms with Crippen LogP contribution in [0.25, 0.3) is 11.0 Å². The highest BCUT2D eigenvalue weighted by atomic mass is 79.9. The molecule has 0 amide bonds. The molecule has 1 atom stereocenters. The van der Waals surface area contributed by atoms with Crippen LogP contribution in [-0.4, -0.2) is 42.4 Å². The Hall–Kier alpha value is -0.690. The Morgan fingerprint density at radius 3 is 2.81 bits per heavy atom. The molecule has 1 unspecified atom stereocenters. The van der Waals surface area contributed by atoms with Crippen LogP contribution in [0.1, 0.15) is 5.82 Å². The molecule has 1 aromatic carbocycles. The third kappa shape index (κ3) is 3.74. The molecule has 21 heavy (non-hydrogen) atoms. The minimum Gasteiger partial charge on any atom is -0.382 e. The molecule has 0 fully saturated rings. The molecular formula is C14H17BrClFN2O2. The van der Waals surface area contributed by atoms with Crippen LogP contribution in [0.4, 0.5) is 4.39 Å². The molecule has 0 N–H and O–H groups in total. The van der Waals surface area contributed by atoms with Crippen molar-refractivity contribution in [2.75, 3.05) is 26.7 Å². The number of rotatable bonds is 7. The molecule has 0 saturated heterocycles. The molecule has 2 rings (SSSR count). The lowest BCUT2D eigenvalue weighted by atomic mass is 10.3. The maximum atomic E-state index is 13.8. The van der Waals surface area contributed by atoms with E-state index in [2.05, 4.69) is 20.9 Å². The standard InChI is InChI=1S/C14H17BrClFN2O2/c1-20-8-9(21-2)7-19-13-6-11(17)10(15)5-12(13)18-14(19)3-4-16/h5-6,9H,3-4,7-8H2,1-2H3. The molecule has 0 aliphatic rings. The third-order valence-corrected chi connectivity index (χ3v) is 4.06. The number of imidazole rings is 1. The van der Waals surface area contributed by atoms with E-state index in [0.717, 1.165) is 16.9 Å². The molecule has 2 aromatic rings. The Balaban J connectivity index is 2.46. The van der Waals surface area contributed by atoms with Crippen LogP contribution < -0.4 is 0 Å². The molecule has 0 radical (unpaired) electrons. The summed E-state index contributed by atoms with van der Waals surface area (Å²) in [7, 11) is 3.25. The van der Waals surface area contributed by atoms with Crippen molar-refractivity contribution in [3.8, 4) is 0 Å².